The largest absolute Gasteiger partial charge is 0.481 e. The van der Waals surface area contributed by atoms with Crippen LogP contribution in [0.5, 0.6) is 0 Å². The van der Waals surface area contributed by atoms with Crippen molar-refractivity contribution in [2.24, 2.45) is 5.92 Å². The van der Waals surface area contributed by atoms with E-state index in [4.69, 9.17) is 9.84 Å². The normalized spacial score (nSPS) is 33.6. The molecule has 7 heteroatoms. The molecule has 0 radical (unpaired) electrons. The first-order chi connectivity index (χ1) is 10.4. The average molecular weight is 320 g/mol. The molecule has 0 bridgehead atoms. The van der Waals surface area contributed by atoms with Crippen LogP contribution in [0.4, 0.5) is 0 Å². The van der Waals surface area contributed by atoms with Gasteiger partial charge in [-0.3, -0.25) is 4.79 Å². The molecule has 0 spiro atoms. The van der Waals surface area contributed by atoms with Crippen LogP contribution in [0.2, 0.25) is 0 Å². The molecule has 0 aromatic heterocycles. The summed E-state index contributed by atoms with van der Waals surface area (Å²) in [6.45, 7) is 1.54. The molecule has 2 unspecified atom stereocenters. The molecule has 1 aliphatic rings. The van der Waals surface area contributed by atoms with E-state index in [-0.39, 0.29) is 0 Å². The van der Waals surface area contributed by atoms with Crippen LogP contribution in [-0.4, -0.2) is 68.6 Å². The molecule has 1 rings (SSSR count). The molecule has 1 aliphatic heterocycles. The highest BCUT2D eigenvalue weighted by Crippen LogP contribution is 2.29. The molecule has 1 saturated heterocycles. The second kappa shape index (κ2) is 9.42. The van der Waals surface area contributed by atoms with Gasteiger partial charge in [-0.25, -0.2) is 0 Å². The lowest BCUT2D eigenvalue weighted by Crippen LogP contribution is -2.61. The third-order valence-electron chi connectivity index (χ3n) is 4.26. The van der Waals surface area contributed by atoms with Crippen molar-refractivity contribution in [1.82, 2.24) is 0 Å². The molecule has 6 atom stereocenters. The number of aliphatic hydroxyl groups is 4. The Morgan fingerprint density at radius 1 is 1.05 bits per heavy atom. The predicted molar refractivity (Wildman–Crippen MR) is 78.3 cm³/mol. The van der Waals surface area contributed by atoms with E-state index in [0.29, 0.717) is 12.8 Å². The van der Waals surface area contributed by atoms with Gasteiger partial charge in [-0.2, -0.15) is 0 Å². The number of unbranched alkanes of at least 4 members (excludes halogenated alkanes) is 4. The van der Waals surface area contributed by atoms with Crippen molar-refractivity contribution in [3.63, 3.8) is 0 Å². The lowest BCUT2D eigenvalue weighted by molar-refractivity contribution is -0.242. The molecule has 5 N–H and O–H groups in total. The molecule has 1 fully saturated rings. The van der Waals surface area contributed by atoms with Crippen molar-refractivity contribution in [1.29, 1.82) is 0 Å². The van der Waals surface area contributed by atoms with Crippen LogP contribution < -0.4 is 0 Å². The lowest BCUT2D eigenvalue weighted by Gasteiger charge is -2.42. The minimum Gasteiger partial charge on any atom is -0.481 e. The van der Waals surface area contributed by atoms with E-state index in [2.05, 4.69) is 6.92 Å². The van der Waals surface area contributed by atoms with Crippen molar-refractivity contribution in [3.8, 4) is 0 Å². The summed E-state index contributed by atoms with van der Waals surface area (Å²) in [5.41, 5.74) is 0. The Morgan fingerprint density at radius 3 is 2.23 bits per heavy atom. The number of hydrogen-bond donors (Lipinski definition) is 5. The zero-order chi connectivity index (χ0) is 16.7. The number of aliphatic hydroxyl groups excluding tert-OH is 4. The fraction of sp³-hybridized carbons (Fsp3) is 0.933. The maximum Gasteiger partial charge on any atom is 0.309 e. The topological polar surface area (TPSA) is 127 Å². The zero-order valence-electron chi connectivity index (χ0n) is 13.0. The third-order valence-corrected chi connectivity index (χ3v) is 4.26. The van der Waals surface area contributed by atoms with Gasteiger partial charge in [0.15, 0.2) is 0 Å². The summed E-state index contributed by atoms with van der Waals surface area (Å²) in [5.74, 6) is -2.09. The van der Waals surface area contributed by atoms with Gasteiger partial charge < -0.3 is 30.3 Å². The highest BCUT2D eigenvalue weighted by molar-refractivity contribution is 5.70. The number of hydrogen-bond acceptors (Lipinski definition) is 6. The highest BCUT2D eigenvalue weighted by atomic mass is 16.5. The van der Waals surface area contributed by atoms with E-state index in [1.54, 1.807) is 0 Å². The number of carboxylic acid groups (broad SMARTS) is 1. The number of rotatable bonds is 9. The summed E-state index contributed by atoms with van der Waals surface area (Å²) < 4.78 is 5.34. The molecule has 0 aromatic rings. The molecule has 0 amide bonds. The number of carboxylic acids is 1. The van der Waals surface area contributed by atoms with Crippen LogP contribution in [0.25, 0.3) is 0 Å². The fourth-order valence-electron chi connectivity index (χ4n) is 2.86. The van der Waals surface area contributed by atoms with Crippen LogP contribution in [0, 0.1) is 5.92 Å². The molecule has 0 saturated carbocycles. The Hall–Kier alpha value is -0.730. The summed E-state index contributed by atoms with van der Waals surface area (Å²) in [6.07, 6.45) is -1.57. The second-order valence-corrected chi connectivity index (χ2v) is 5.94. The third kappa shape index (κ3) is 4.89. The number of ether oxygens (including phenoxy) is 1. The van der Waals surface area contributed by atoms with Gasteiger partial charge >= 0.3 is 5.97 Å². The first-order valence-corrected chi connectivity index (χ1v) is 7.97. The maximum absolute atomic E-state index is 11.4. The van der Waals surface area contributed by atoms with Gasteiger partial charge in [0, 0.05) is 0 Å². The molecule has 0 aromatic carbocycles. The maximum atomic E-state index is 11.4. The molecule has 7 nitrogen and oxygen atoms in total. The Bertz CT molecular complexity index is 334. The average Bonchev–Trinajstić information content (AvgIpc) is 2.49. The summed E-state index contributed by atoms with van der Waals surface area (Å²) in [5, 5.41) is 48.0. The van der Waals surface area contributed by atoms with Crippen molar-refractivity contribution >= 4 is 5.97 Å². The van der Waals surface area contributed by atoms with E-state index in [9.17, 15) is 25.2 Å². The number of carbonyl (C=O) groups is 1. The van der Waals surface area contributed by atoms with E-state index in [1.165, 1.54) is 0 Å². The van der Waals surface area contributed by atoms with E-state index in [1.807, 2.05) is 0 Å². The van der Waals surface area contributed by atoms with Gasteiger partial charge in [0.1, 0.15) is 24.4 Å². The number of aliphatic carboxylic acids is 1. The van der Waals surface area contributed by atoms with Crippen molar-refractivity contribution in [3.05, 3.63) is 0 Å². The van der Waals surface area contributed by atoms with Gasteiger partial charge in [-0.15, -0.1) is 0 Å². The smallest absolute Gasteiger partial charge is 0.309 e. The van der Waals surface area contributed by atoms with Crippen LogP contribution in [0.1, 0.15) is 45.4 Å². The minimum atomic E-state index is -1.53. The Kier molecular flexibility index (Phi) is 8.27. The Balaban J connectivity index is 2.66. The molecule has 130 valence electrons. The molecule has 0 aliphatic carbocycles. The summed E-state index contributed by atoms with van der Waals surface area (Å²) >= 11 is 0. The first kappa shape index (κ1) is 19.3. The molecule has 1 heterocycles. The zero-order valence-corrected chi connectivity index (χ0v) is 13.0. The van der Waals surface area contributed by atoms with Gasteiger partial charge in [-0.1, -0.05) is 39.0 Å². The predicted octanol–water partition coefficient (Wildman–Crippen LogP) is -0.110. The molecular weight excluding hydrogens is 292 g/mol. The van der Waals surface area contributed by atoms with E-state index < -0.39 is 49.0 Å². The van der Waals surface area contributed by atoms with Crippen LogP contribution >= 0.6 is 0 Å². The van der Waals surface area contributed by atoms with Crippen LogP contribution in [0.3, 0.4) is 0 Å². The van der Waals surface area contributed by atoms with Crippen LogP contribution in [-0.2, 0) is 9.53 Å². The van der Waals surface area contributed by atoms with Crippen molar-refractivity contribution in [2.75, 3.05) is 6.61 Å². The van der Waals surface area contributed by atoms with Crippen LogP contribution in [0.15, 0.2) is 0 Å². The highest BCUT2D eigenvalue weighted by Gasteiger charge is 2.47. The molecule has 22 heavy (non-hydrogen) atoms. The summed E-state index contributed by atoms with van der Waals surface area (Å²) in [6, 6.07) is 0. The van der Waals surface area contributed by atoms with Crippen molar-refractivity contribution < 1.29 is 35.1 Å². The first-order valence-electron chi connectivity index (χ1n) is 7.97. The Labute approximate surface area is 130 Å². The van der Waals surface area contributed by atoms with Gasteiger partial charge in [-0.05, 0) is 6.42 Å². The van der Waals surface area contributed by atoms with E-state index in [0.717, 1.165) is 25.7 Å². The van der Waals surface area contributed by atoms with Gasteiger partial charge in [0.2, 0.25) is 0 Å². The second-order valence-electron chi connectivity index (χ2n) is 5.94. The van der Waals surface area contributed by atoms with Crippen molar-refractivity contribution in [2.45, 2.75) is 76.0 Å². The quantitative estimate of drug-likeness (QED) is 0.375. The van der Waals surface area contributed by atoms with E-state index >= 15 is 0 Å². The minimum absolute atomic E-state index is 0.321. The van der Waals surface area contributed by atoms with Gasteiger partial charge in [0.05, 0.1) is 18.6 Å². The van der Waals surface area contributed by atoms with Gasteiger partial charge in [0.25, 0.3) is 0 Å². The SMILES string of the molecule is CCCCCCCC(C(=O)O)C1O[C@H](CO)[C@H](O)[C@H](O)[C@H]1O. The Morgan fingerprint density at radius 2 is 1.68 bits per heavy atom. The molecular formula is C15H28O7. The standard InChI is InChI=1S/C15H28O7/c1-2-3-4-5-6-7-9(15(20)21)14-13(19)12(18)11(17)10(8-16)22-14/h9-14,16-19H,2-8H2,1H3,(H,20,21)/t9?,10-,11+,12+,13-,14?/m1/s1. The fourth-order valence-corrected chi connectivity index (χ4v) is 2.86. The summed E-state index contributed by atoms with van der Waals surface area (Å²) in [4.78, 5) is 11.4. The lowest BCUT2D eigenvalue weighted by atomic mass is 9.85. The monoisotopic (exact) mass is 320 g/mol. The summed E-state index contributed by atoms with van der Waals surface area (Å²) in [7, 11) is 0.